The Morgan fingerprint density at radius 1 is 1.44 bits per heavy atom. The van der Waals surface area contributed by atoms with Crippen LogP contribution in [-0.4, -0.2) is 29.9 Å². The van der Waals surface area contributed by atoms with Gasteiger partial charge in [-0.3, -0.25) is 4.79 Å². The highest BCUT2D eigenvalue weighted by molar-refractivity contribution is 5.77. The molecule has 3 heteroatoms. The van der Waals surface area contributed by atoms with Crippen molar-refractivity contribution < 1.29 is 4.79 Å². The number of hydrogen-bond donors (Lipinski definition) is 1. The minimum atomic E-state index is 0.00252. The molecule has 2 unspecified atom stereocenters. The molecule has 0 aliphatic carbocycles. The highest BCUT2D eigenvalue weighted by Crippen LogP contribution is 2.24. The quantitative estimate of drug-likeness (QED) is 0.820. The van der Waals surface area contributed by atoms with Gasteiger partial charge >= 0.3 is 0 Å². The summed E-state index contributed by atoms with van der Waals surface area (Å²) in [5.41, 5.74) is 6.28. The maximum atomic E-state index is 12.1. The molecule has 1 rings (SSSR count). The van der Waals surface area contributed by atoms with E-state index in [2.05, 4.69) is 27.7 Å². The van der Waals surface area contributed by atoms with Crippen LogP contribution in [0.5, 0.6) is 0 Å². The van der Waals surface area contributed by atoms with Gasteiger partial charge in [-0.2, -0.15) is 0 Å². The van der Waals surface area contributed by atoms with Crippen LogP contribution in [0.3, 0.4) is 0 Å². The molecule has 2 N–H and O–H groups in total. The second-order valence-electron chi connectivity index (χ2n) is 7.01. The van der Waals surface area contributed by atoms with E-state index in [9.17, 15) is 4.79 Å². The minimum Gasteiger partial charge on any atom is -0.342 e. The molecular formula is C15H30N2O. The van der Waals surface area contributed by atoms with E-state index in [-0.39, 0.29) is 17.4 Å². The lowest BCUT2D eigenvalue weighted by Gasteiger charge is -2.24. The lowest BCUT2D eigenvalue weighted by atomic mass is 9.87. The van der Waals surface area contributed by atoms with Gasteiger partial charge in [0.25, 0.3) is 0 Å². The molecule has 0 aromatic rings. The predicted molar refractivity (Wildman–Crippen MR) is 76.3 cm³/mol. The molecule has 1 heterocycles. The van der Waals surface area contributed by atoms with E-state index in [1.165, 1.54) is 19.3 Å². The van der Waals surface area contributed by atoms with E-state index in [0.717, 1.165) is 25.4 Å². The van der Waals surface area contributed by atoms with Gasteiger partial charge in [0.1, 0.15) is 0 Å². The van der Waals surface area contributed by atoms with Crippen LogP contribution in [0.25, 0.3) is 0 Å². The van der Waals surface area contributed by atoms with Gasteiger partial charge in [0.15, 0.2) is 0 Å². The van der Waals surface area contributed by atoms with Crippen LogP contribution < -0.4 is 5.73 Å². The van der Waals surface area contributed by atoms with E-state index >= 15 is 0 Å². The van der Waals surface area contributed by atoms with Crippen LogP contribution in [0.2, 0.25) is 0 Å². The standard InChI is InChI=1S/C15H30N2O/c1-5-6-12-7-8-17(11-12)14(18)9-13(16)10-15(2,3)4/h12-13H,5-11,16H2,1-4H3. The summed E-state index contributed by atoms with van der Waals surface area (Å²) < 4.78 is 0. The number of likely N-dealkylation sites (tertiary alicyclic amines) is 1. The number of nitrogens with zero attached hydrogens (tertiary/aromatic N) is 1. The number of carbonyl (C=O) groups is 1. The molecule has 1 saturated heterocycles. The second-order valence-corrected chi connectivity index (χ2v) is 7.01. The van der Waals surface area contributed by atoms with Crippen molar-refractivity contribution in [3.63, 3.8) is 0 Å². The fourth-order valence-corrected chi connectivity index (χ4v) is 2.92. The zero-order chi connectivity index (χ0) is 13.8. The molecule has 1 aliphatic heterocycles. The van der Waals surface area contributed by atoms with E-state index in [1.807, 2.05) is 4.90 Å². The molecule has 0 bridgehead atoms. The van der Waals surface area contributed by atoms with Gasteiger partial charge in [0.05, 0.1) is 0 Å². The maximum Gasteiger partial charge on any atom is 0.224 e. The first-order valence-electron chi connectivity index (χ1n) is 7.35. The summed E-state index contributed by atoms with van der Waals surface area (Å²) in [6.45, 7) is 10.6. The Bertz CT molecular complexity index is 270. The number of carbonyl (C=O) groups excluding carboxylic acids is 1. The Hall–Kier alpha value is -0.570. The third kappa shape index (κ3) is 5.38. The smallest absolute Gasteiger partial charge is 0.224 e. The molecule has 0 radical (unpaired) electrons. The van der Waals surface area contributed by atoms with E-state index < -0.39 is 0 Å². The summed E-state index contributed by atoms with van der Waals surface area (Å²) in [5, 5.41) is 0. The second kappa shape index (κ2) is 6.55. The molecule has 0 spiro atoms. The van der Waals surface area contributed by atoms with Gasteiger partial charge in [-0.1, -0.05) is 34.1 Å². The molecule has 1 amide bonds. The number of rotatable bonds is 5. The average Bonchev–Trinajstić information content (AvgIpc) is 2.63. The van der Waals surface area contributed by atoms with Crippen molar-refractivity contribution in [1.82, 2.24) is 4.90 Å². The van der Waals surface area contributed by atoms with E-state index in [0.29, 0.717) is 6.42 Å². The van der Waals surface area contributed by atoms with Crippen LogP contribution in [0, 0.1) is 11.3 Å². The lowest BCUT2D eigenvalue weighted by molar-refractivity contribution is -0.130. The molecule has 106 valence electrons. The van der Waals surface area contributed by atoms with Crippen molar-refractivity contribution in [2.45, 2.75) is 65.8 Å². The summed E-state index contributed by atoms with van der Waals surface area (Å²) in [7, 11) is 0. The first kappa shape index (κ1) is 15.5. The Balaban J connectivity index is 2.33. The van der Waals surface area contributed by atoms with Crippen LogP contribution in [0.1, 0.15) is 59.8 Å². The molecule has 2 atom stereocenters. The zero-order valence-corrected chi connectivity index (χ0v) is 12.5. The SMILES string of the molecule is CCCC1CCN(C(=O)CC(N)CC(C)(C)C)C1. The zero-order valence-electron chi connectivity index (χ0n) is 12.5. The van der Waals surface area contributed by atoms with Crippen molar-refractivity contribution in [3.8, 4) is 0 Å². The van der Waals surface area contributed by atoms with Crippen LogP contribution >= 0.6 is 0 Å². The molecule has 3 nitrogen and oxygen atoms in total. The highest BCUT2D eigenvalue weighted by Gasteiger charge is 2.27. The van der Waals surface area contributed by atoms with Crippen LogP contribution in [0.15, 0.2) is 0 Å². The maximum absolute atomic E-state index is 12.1. The molecule has 1 aliphatic rings. The Labute approximate surface area is 112 Å². The highest BCUT2D eigenvalue weighted by atomic mass is 16.2. The molecule has 0 aromatic carbocycles. The lowest BCUT2D eigenvalue weighted by Crippen LogP contribution is -2.36. The molecule has 1 fully saturated rings. The largest absolute Gasteiger partial charge is 0.342 e. The fraction of sp³-hybridized carbons (Fsp3) is 0.933. The van der Waals surface area contributed by atoms with Gasteiger partial charge in [0.2, 0.25) is 5.91 Å². The van der Waals surface area contributed by atoms with Crippen molar-refractivity contribution in [1.29, 1.82) is 0 Å². The Morgan fingerprint density at radius 3 is 2.67 bits per heavy atom. The monoisotopic (exact) mass is 254 g/mol. The van der Waals surface area contributed by atoms with Crippen molar-refractivity contribution in [2.75, 3.05) is 13.1 Å². The van der Waals surface area contributed by atoms with Crippen LogP contribution in [0.4, 0.5) is 0 Å². The predicted octanol–water partition coefficient (Wildman–Crippen LogP) is 2.79. The molecule has 0 saturated carbocycles. The van der Waals surface area contributed by atoms with E-state index in [4.69, 9.17) is 5.73 Å². The number of nitrogens with two attached hydrogens (primary N) is 1. The van der Waals surface area contributed by atoms with Gasteiger partial charge in [0, 0.05) is 25.6 Å². The molecular weight excluding hydrogens is 224 g/mol. The molecule has 18 heavy (non-hydrogen) atoms. The number of hydrogen-bond acceptors (Lipinski definition) is 2. The number of amides is 1. The fourth-order valence-electron chi connectivity index (χ4n) is 2.92. The van der Waals surface area contributed by atoms with Gasteiger partial charge in [-0.15, -0.1) is 0 Å². The van der Waals surface area contributed by atoms with Crippen molar-refractivity contribution >= 4 is 5.91 Å². The van der Waals surface area contributed by atoms with Gasteiger partial charge in [-0.05, 0) is 30.6 Å². The van der Waals surface area contributed by atoms with Gasteiger partial charge in [-0.25, -0.2) is 0 Å². The summed E-state index contributed by atoms with van der Waals surface area (Å²) in [4.78, 5) is 14.2. The third-order valence-electron chi connectivity index (χ3n) is 3.65. The summed E-state index contributed by atoms with van der Waals surface area (Å²) in [5.74, 6) is 0.975. The van der Waals surface area contributed by atoms with Gasteiger partial charge < -0.3 is 10.6 Å². The summed E-state index contributed by atoms with van der Waals surface area (Å²) in [6, 6.07) is 0.00252. The van der Waals surface area contributed by atoms with E-state index in [1.54, 1.807) is 0 Å². The first-order chi connectivity index (χ1) is 8.31. The Kier molecular flexibility index (Phi) is 5.64. The average molecular weight is 254 g/mol. The topological polar surface area (TPSA) is 46.3 Å². The Morgan fingerprint density at radius 2 is 2.11 bits per heavy atom. The third-order valence-corrected chi connectivity index (χ3v) is 3.65. The minimum absolute atomic E-state index is 0.00252. The normalized spacial score (nSPS) is 22.3. The van der Waals surface area contributed by atoms with Crippen LogP contribution in [-0.2, 0) is 4.79 Å². The first-order valence-corrected chi connectivity index (χ1v) is 7.35. The summed E-state index contributed by atoms with van der Waals surface area (Å²) >= 11 is 0. The van der Waals surface area contributed by atoms with Crippen molar-refractivity contribution in [3.05, 3.63) is 0 Å². The molecule has 0 aromatic heterocycles. The van der Waals surface area contributed by atoms with Crippen molar-refractivity contribution in [2.24, 2.45) is 17.1 Å². The summed E-state index contributed by atoms with van der Waals surface area (Å²) in [6.07, 6.45) is 5.06.